The fourth-order valence-corrected chi connectivity index (χ4v) is 0.978. The van der Waals surface area contributed by atoms with Crippen molar-refractivity contribution in [2.75, 3.05) is 32.9 Å². The molecule has 0 rings (SSSR count). The molecule has 98 valence electrons. The smallest absolute Gasteiger partial charge is 0.407 e. The molecule has 1 amide bonds. The maximum Gasteiger partial charge on any atom is 0.407 e. The Morgan fingerprint density at radius 1 is 1.35 bits per heavy atom. The first-order valence-electron chi connectivity index (χ1n) is 5.80. The Morgan fingerprint density at radius 3 is 2.82 bits per heavy atom. The average molecular weight is 244 g/mol. The van der Waals surface area contributed by atoms with Crippen LogP contribution in [-0.2, 0) is 9.47 Å². The number of nitrogens with one attached hydrogen (secondary N) is 1. The summed E-state index contributed by atoms with van der Waals surface area (Å²) in [5, 5.41) is 5.73. The lowest BCUT2D eigenvalue weighted by Crippen LogP contribution is -2.27. The highest BCUT2D eigenvalue weighted by molar-refractivity contribution is 5.66. The Bertz CT molecular complexity index is 242. The van der Waals surface area contributed by atoms with Crippen LogP contribution >= 0.6 is 0 Å². The third-order valence-corrected chi connectivity index (χ3v) is 1.85. The zero-order valence-corrected chi connectivity index (χ0v) is 10.2. The Labute approximate surface area is 101 Å². The quantitative estimate of drug-likeness (QED) is 0.276. The molecule has 0 aromatic rings. The van der Waals surface area contributed by atoms with Gasteiger partial charge in [-0.2, -0.15) is 0 Å². The van der Waals surface area contributed by atoms with E-state index in [1.54, 1.807) is 0 Å². The topological polar surface area (TPSA) is 96.3 Å². The van der Waals surface area contributed by atoms with Gasteiger partial charge in [0.25, 0.3) is 0 Å². The van der Waals surface area contributed by atoms with E-state index in [0.717, 1.165) is 19.4 Å². The molecule has 0 aromatic carbocycles. The van der Waals surface area contributed by atoms with Crippen molar-refractivity contribution in [3.05, 3.63) is 10.4 Å². The van der Waals surface area contributed by atoms with Crippen LogP contribution in [0.4, 0.5) is 4.79 Å². The predicted molar refractivity (Wildman–Crippen MR) is 63.7 cm³/mol. The number of unbranched alkanes of at least 4 members (excludes halogenated alkanes) is 1. The van der Waals surface area contributed by atoms with E-state index in [9.17, 15) is 4.79 Å². The summed E-state index contributed by atoms with van der Waals surface area (Å²) in [6.45, 7) is 4.31. The molecule has 0 aliphatic rings. The second kappa shape index (κ2) is 12.6. The summed E-state index contributed by atoms with van der Waals surface area (Å²) < 4.78 is 10.2. The molecular weight excluding hydrogens is 224 g/mol. The normalized spacial score (nSPS) is 9.47. The molecule has 0 bridgehead atoms. The van der Waals surface area contributed by atoms with Crippen molar-refractivity contribution in [1.82, 2.24) is 5.32 Å². The molecular formula is C10H20N4O3. The average Bonchev–Trinajstić information content (AvgIpc) is 2.33. The lowest BCUT2D eigenvalue weighted by Gasteiger charge is -2.06. The van der Waals surface area contributed by atoms with Gasteiger partial charge in [-0.05, 0) is 12.0 Å². The number of rotatable bonds is 10. The summed E-state index contributed by atoms with van der Waals surface area (Å²) in [6, 6.07) is 0. The van der Waals surface area contributed by atoms with Gasteiger partial charge in [0, 0.05) is 37.6 Å². The van der Waals surface area contributed by atoms with Crippen LogP contribution in [0.5, 0.6) is 0 Å². The van der Waals surface area contributed by atoms with Crippen molar-refractivity contribution < 1.29 is 14.3 Å². The Kier molecular flexibility index (Phi) is 11.5. The summed E-state index contributed by atoms with van der Waals surface area (Å²) in [5.74, 6) is 0. The fraction of sp³-hybridized carbons (Fsp3) is 0.900. The first kappa shape index (κ1) is 15.5. The van der Waals surface area contributed by atoms with E-state index in [-0.39, 0.29) is 13.1 Å². The van der Waals surface area contributed by atoms with Crippen LogP contribution in [0.15, 0.2) is 5.11 Å². The first-order valence-corrected chi connectivity index (χ1v) is 5.80. The minimum atomic E-state index is -0.494. The lowest BCUT2D eigenvalue weighted by molar-refractivity contribution is 0.0993. The fourth-order valence-electron chi connectivity index (χ4n) is 0.978. The summed E-state index contributed by atoms with van der Waals surface area (Å²) in [6.07, 6.45) is 2.37. The highest BCUT2D eigenvalue weighted by Crippen LogP contribution is 1.90. The SMILES string of the molecule is CCCCOCCCOC(=O)NCCN=[N+]=[N-]. The van der Waals surface area contributed by atoms with Gasteiger partial charge in [-0.15, -0.1) is 0 Å². The maximum absolute atomic E-state index is 11.0. The predicted octanol–water partition coefficient (Wildman–Crippen LogP) is 2.23. The van der Waals surface area contributed by atoms with Gasteiger partial charge in [0.05, 0.1) is 6.61 Å². The van der Waals surface area contributed by atoms with Crippen molar-refractivity contribution in [3.63, 3.8) is 0 Å². The van der Waals surface area contributed by atoms with E-state index in [4.69, 9.17) is 15.0 Å². The number of alkyl carbamates (subject to hydrolysis) is 1. The Balaban J connectivity index is 3.19. The highest BCUT2D eigenvalue weighted by Gasteiger charge is 1.99. The van der Waals surface area contributed by atoms with Crippen molar-refractivity contribution in [3.8, 4) is 0 Å². The number of carbonyl (C=O) groups is 1. The molecule has 7 nitrogen and oxygen atoms in total. The van der Waals surface area contributed by atoms with Gasteiger partial charge in [0.15, 0.2) is 0 Å². The van der Waals surface area contributed by atoms with E-state index >= 15 is 0 Å². The standard InChI is InChI=1S/C10H20N4O3/c1-2-3-7-16-8-4-9-17-10(15)12-5-6-13-14-11/h2-9H2,1H3,(H,12,15). The molecule has 0 saturated carbocycles. The molecule has 0 fully saturated rings. The van der Waals surface area contributed by atoms with Gasteiger partial charge in [0.1, 0.15) is 0 Å². The van der Waals surface area contributed by atoms with Crippen LogP contribution in [0.25, 0.3) is 10.4 Å². The second-order valence-electron chi connectivity index (χ2n) is 3.34. The van der Waals surface area contributed by atoms with Gasteiger partial charge in [0.2, 0.25) is 0 Å². The zero-order chi connectivity index (χ0) is 12.8. The number of azide groups is 1. The molecule has 1 N–H and O–H groups in total. The van der Waals surface area contributed by atoms with Crippen LogP contribution in [0.1, 0.15) is 26.2 Å². The number of amides is 1. The minimum Gasteiger partial charge on any atom is -0.449 e. The van der Waals surface area contributed by atoms with Crippen LogP contribution in [-0.4, -0.2) is 39.0 Å². The Hall–Kier alpha value is -1.46. The molecule has 7 heteroatoms. The van der Waals surface area contributed by atoms with E-state index in [0.29, 0.717) is 19.6 Å². The molecule has 0 aromatic heterocycles. The number of hydrogen-bond acceptors (Lipinski definition) is 4. The molecule has 0 aliphatic heterocycles. The van der Waals surface area contributed by atoms with Crippen molar-refractivity contribution in [2.24, 2.45) is 5.11 Å². The minimum absolute atomic E-state index is 0.228. The highest BCUT2D eigenvalue weighted by atomic mass is 16.5. The van der Waals surface area contributed by atoms with E-state index in [2.05, 4.69) is 22.3 Å². The number of nitrogens with zero attached hydrogens (tertiary/aromatic N) is 3. The molecule has 0 radical (unpaired) electrons. The van der Waals surface area contributed by atoms with Gasteiger partial charge in [-0.1, -0.05) is 18.5 Å². The van der Waals surface area contributed by atoms with Gasteiger partial charge < -0.3 is 14.8 Å². The summed E-state index contributed by atoms with van der Waals surface area (Å²) in [4.78, 5) is 13.6. The summed E-state index contributed by atoms with van der Waals surface area (Å²) in [7, 11) is 0. The number of hydrogen-bond donors (Lipinski definition) is 1. The van der Waals surface area contributed by atoms with Gasteiger partial charge in [-0.3, -0.25) is 0 Å². The molecule has 0 spiro atoms. The molecule has 0 unspecified atom stereocenters. The molecule has 17 heavy (non-hydrogen) atoms. The van der Waals surface area contributed by atoms with E-state index in [1.807, 2.05) is 0 Å². The van der Waals surface area contributed by atoms with Gasteiger partial charge >= 0.3 is 6.09 Å². The van der Waals surface area contributed by atoms with Crippen LogP contribution in [0, 0.1) is 0 Å². The number of carbonyl (C=O) groups excluding carboxylic acids is 1. The molecule has 0 saturated heterocycles. The first-order chi connectivity index (χ1) is 8.31. The largest absolute Gasteiger partial charge is 0.449 e. The second-order valence-corrected chi connectivity index (χ2v) is 3.34. The maximum atomic E-state index is 11.0. The van der Waals surface area contributed by atoms with Crippen molar-refractivity contribution in [2.45, 2.75) is 26.2 Å². The molecule has 0 aliphatic carbocycles. The summed E-state index contributed by atoms with van der Waals surface area (Å²) >= 11 is 0. The van der Waals surface area contributed by atoms with Gasteiger partial charge in [-0.25, -0.2) is 4.79 Å². The monoisotopic (exact) mass is 244 g/mol. The molecule has 0 heterocycles. The van der Waals surface area contributed by atoms with E-state index < -0.39 is 6.09 Å². The van der Waals surface area contributed by atoms with Crippen molar-refractivity contribution in [1.29, 1.82) is 0 Å². The van der Waals surface area contributed by atoms with Crippen LogP contribution in [0.3, 0.4) is 0 Å². The van der Waals surface area contributed by atoms with Crippen LogP contribution < -0.4 is 5.32 Å². The van der Waals surface area contributed by atoms with Crippen molar-refractivity contribution >= 4 is 6.09 Å². The molecule has 0 atom stereocenters. The van der Waals surface area contributed by atoms with Crippen LogP contribution in [0.2, 0.25) is 0 Å². The lowest BCUT2D eigenvalue weighted by atomic mass is 10.4. The number of ether oxygens (including phenoxy) is 2. The Morgan fingerprint density at radius 2 is 2.12 bits per heavy atom. The third-order valence-electron chi connectivity index (χ3n) is 1.85. The van der Waals surface area contributed by atoms with E-state index in [1.165, 1.54) is 0 Å². The zero-order valence-electron chi connectivity index (χ0n) is 10.2. The summed E-state index contributed by atoms with van der Waals surface area (Å²) in [5.41, 5.74) is 7.99. The third kappa shape index (κ3) is 12.5.